The number of amides is 1. The average molecular weight is 558 g/mol. The zero-order chi connectivity index (χ0) is 27.3. The van der Waals surface area contributed by atoms with Crippen LogP contribution in [-0.4, -0.2) is 69.3 Å². The predicted molar refractivity (Wildman–Crippen MR) is 155 cm³/mol. The lowest BCUT2D eigenvalue weighted by molar-refractivity contribution is 0.0118. The van der Waals surface area contributed by atoms with Crippen LogP contribution in [0.3, 0.4) is 0 Å². The summed E-state index contributed by atoms with van der Waals surface area (Å²) in [6, 6.07) is 19.3. The number of aliphatic hydroxyl groups is 1. The predicted octanol–water partition coefficient (Wildman–Crippen LogP) is 4.05. The van der Waals surface area contributed by atoms with Crippen molar-refractivity contribution in [3.63, 3.8) is 0 Å². The summed E-state index contributed by atoms with van der Waals surface area (Å²) >= 11 is 6.04. The number of hydrogen-bond acceptors (Lipinski definition) is 7. The van der Waals surface area contributed by atoms with Gasteiger partial charge in [0.05, 0.1) is 11.3 Å². The number of nitrogens with one attached hydrogen (secondary N) is 2. The maximum absolute atomic E-state index is 13.1. The van der Waals surface area contributed by atoms with Crippen LogP contribution >= 0.6 is 11.6 Å². The molecule has 1 amide bonds. The van der Waals surface area contributed by atoms with Crippen LogP contribution in [0.1, 0.15) is 35.2 Å². The van der Waals surface area contributed by atoms with Gasteiger partial charge in [-0.1, -0.05) is 23.7 Å². The first-order chi connectivity index (χ1) is 19.5. The van der Waals surface area contributed by atoms with Crippen LogP contribution < -0.4 is 15.5 Å². The van der Waals surface area contributed by atoms with Gasteiger partial charge in [-0.15, -0.1) is 5.10 Å². The van der Waals surface area contributed by atoms with Gasteiger partial charge in [0.1, 0.15) is 0 Å². The third-order valence-electron chi connectivity index (χ3n) is 8.75. The summed E-state index contributed by atoms with van der Waals surface area (Å²) in [6.45, 7) is 4.12. The van der Waals surface area contributed by atoms with Gasteiger partial charge in [0.2, 0.25) is 5.95 Å². The number of carbonyl (C=O) groups excluding carboxylic acids is 1. The van der Waals surface area contributed by atoms with E-state index in [0.717, 1.165) is 48.6 Å². The molecule has 0 aliphatic carbocycles. The Morgan fingerprint density at radius 3 is 2.58 bits per heavy atom. The highest BCUT2D eigenvalue weighted by Crippen LogP contribution is 2.36. The molecule has 7 rings (SSSR count). The van der Waals surface area contributed by atoms with E-state index in [4.69, 9.17) is 16.6 Å². The average Bonchev–Trinajstić information content (AvgIpc) is 3.70. The largest absolute Gasteiger partial charge is 0.385 e. The number of fused-ring (bicyclic) bond motifs is 2. The van der Waals surface area contributed by atoms with Crippen LogP contribution in [0, 0.1) is 5.92 Å². The molecule has 2 atom stereocenters. The van der Waals surface area contributed by atoms with E-state index in [-0.39, 0.29) is 5.91 Å². The molecule has 3 aliphatic rings. The van der Waals surface area contributed by atoms with Crippen LogP contribution in [0.2, 0.25) is 5.02 Å². The highest BCUT2D eigenvalue weighted by Gasteiger charge is 2.40. The van der Waals surface area contributed by atoms with Gasteiger partial charge in [-0.05, 0) is 79.3 Å². The molecule has 3 aliphatic heterocycles. The molecule has 4 aromatic rings. The number of rotatable bonds is 5. The Morgan fingerprint density at radius 1 is 1.02 bits per heavy atom. The zero-order valence-corrected chi connectivity index (χ0v) is 22.9. The molecule has 2 unspecified atom stereocenters. The lowest BCUT2D eigenvalue weighted by atomic mass is 9.84. The van der Waals surface area contributed by atoms with E-state index >= 15 is 0 Å². The monoisotopic (exact) mass is 557 g/mol. The van der Waals surface area contributed by atoms with Crippen molar-refractivity contribution in [3.8, 4) is 0 Å². The quantitative estimate of drug-likeness (QED) is 0.340. The van der Waals surface area contributed by atoms with Gasteiger partial charge in [-0.2, -0.15) is 4.98 Å². The highest BCUT2D eigenvalue weighted by molar-refractivity contribution is 6.30. The molecule has 0 bridgehead atoms. The summed E-state index contributed by atoms with van der Waals surface area (Å²) in [6.07, 6.45) is 4.17. The first-order valence-corrected chi connectivity index (χ1v) is 14.3. The van der Waals surface area contributed by atoms with Crippen molar-refractivity contribution in [3.05, 3.63) is 83.0 Å². The normalized spacial score (nSPS) is 22.1. The summed E-state index contributed by atoms with van der Waals surface area (Å²) < 4.78 is 1.77. The Labute approximate surface area is 237 Å². The number of carbonyl (C=O) groups is 1. The first-order valence-electron chi connectivity index (χ1n) is 13.9. The van der Waals surface area contributed by atoms with Gasteiger partial charge < -0.3 is 25.5 Å². The van der Waals surface area contributed by atoms with Gasteiger partial charge in [0.15, 0.2) is 5.65 Å². The lowest BCUT2D eigenvalue weighted by Gasteiger charge is -2.39. The Balaban J connectivity index is 1.04. The number of hydrogen-bond donors (Lipinski definition) is 3. The number of piperidine rings is 1. The molecule has 10 heteroatoms. The third-order valence-corrected chi connectivity index (χ3v) is 9.00. The third kappa shape index (κ3) is 4.58. The van der Waals surface area contributed by atoms with Crippen LogP contribution in [0.25, 0.3) is 5.65 Å². The fourth-order valence-electron chi connectivity index (χ4n) is 6.45. The number of likely N-dealkylation sites (tertiary alicyclic amines) is 1. The van der Waals surface area contributed by atoms with E-state index in [9.17, 15) is 9.90 Å². The number of nitrogens with zero attached hydrogens (tertiary/aromatic N) is 5. The van der Waals surface area contributed by atoms with E-state index < -0.39 is 5.60 Å². The van der Waals surface area contributed by atoms with Crippen LogP contribution in [0.5, 0.6) is 0 Å². The first kappa shape index (κ1) is 25.3. The molecule has 0 saturated carbocycles. The van der Waals surface area contributed by atoms with Gasteiger partial charge in [-0.3, -0.25) is 4.79 Å². The molecule has 3 N–H and O–H groups in total. The van der Waals surface area contributed by atoms with E-state index in [1.54, 1.807) is 4.52 Å². The fourth-order valence-corrected chi connectivity index (χ4v) is 6.58. The van der Waals surface area contributed by atoms with E-state index in [0.29, 0.717) is 54.4 Å². The molecule has 206 valence electrons. The number of anilines is 3. The summed E-state index contributed by atoms with van der Waals surface area (Å²) in [4.78, 5) is 22.2. The van der Waals surface area contributed by atoms with Gasteiger partial charge in [0, 0.05) is 61.2 Å². The molecule has 3 saturated heterocycles. The maximum atomic E-state index is 13.1. The summed E-state index contributed by atoms with van der Waals surface area (Å²) in [5.41, 5.74) is 3.28. The lowest BCUT2D eigenvalue weighted by Crippen LogP contribution is -2.42. The molecular formula is C30H32ClN7O2. The molecule has 9 nitrogen and oxygen atoms in total. The highest BCUT2D eigenvalue weighted by atomic mass is 35.5. The second kappa shape index (κ2) is 10.1. The SMILES string of the molecule is O=C(c1ccc(Nc2nc3c(N4CCC(O)(c5ccc(Cl)cc5)CC4)cccn3n2)cc1)N1CCC2CNCC21. The van der Waals surface area contributed by atoms with E-state index in [1.165, 1.54) is 0 Å². The number of halogens is 1. The van der Waals surface area contributed by atoms with Crippen molar-refractivity contribution in [1.29, 1.82) is 0 Å². The van der Waals surface area contributed by atoms with Crippen molar-refractivity contribution >= 4 is 40.5 Å². The van der Waals surface area contributed by atoms with Crippen molar-refractivity contribution in [1.82, 2.24) is 24.8 Å². The number of pyridine rings is 1. The van der Waals surface area contributed by atoms with Crippen LogP contribution in [0.4, 0.5) is 17.3 Å². The van der Waals surface area contributed by atoms with Crippen molar-refractivity contribution in [2.45, 2.75) is 30.9 Å². The van der Waals surface area contributed by atoms with Crippen molar-refractivity contribution < 1.29 is 9.90 Å². The zero-order valence-electron chi connectivity index (χ0n) is 22.1. The molecule has 0 radical (unpaired) electrons. The molecule has 40 heavy (non-hydrogen) atoms. The minimum Gasteiger partial charge on any atom is -0.385 e. The molecule has 0 spiro atoms. The molecule has 2 aromatic carbocycles. The molecular weight excluding hydrogens is 526 g/mol. The Bertz CT molecular complexity index is 1530. The summed E-state index contributed by atoms with van der Waals surface area (Å²) in [7, 11) is 0. The van der Waals surface area contributed by atoms with Crippen LogP contribution in [-0.2, 0) is 5.60 Å². The van der Waals surface area contributed by atoms with Crippen molar-refractivity contribution in [2.75, 3.05) is 42.9 Å². The minimum atomic E-state index is -0.870. The standard InChI is InChI=1S/C30H32ClN7O2/c31-23-7-5-22(6-8-23)30(40)12-16-36(17-13-30)25-2-1-14-38-27(25)34-29(35-38)33-24-9-3-20(4-10-24)28(39)37-15-11-21-18-32-19-26(21)37/h1-10,14,21,26,32,40H,11-13,15-19H2,(H,33,35). The van der Waals surface area contributed by atoms with Gasteiger partial charge in [0.25, 0.3) is 5.91 Å². The number of benzene rings is 2. The Morgan fingerprint density at radius 2 is 1.80 bits per heavy atom. The molecule has 2 aromatic heterocycles. The van der Waals surface area contributed by atoms with Crippen LogP contribution in [0.15, 0.2) is 66.9 Å². The fraction of sp³-hybridized carbons (Fsp3) is 0.367. The minimum absolute atomic E-state index is 0.0998. The molecule has 5 heterocycles. The molecule has 3 fully saturated rings. The topological polar surface area (TPSA) is 98.0 Å². The summed E-state index contributed by atoms with van der Waals surface area (Å²) in [5.74, 6) is 1.17. The number of aromatic nitrogens is 3. The Hall–Kier alpha value is -3.66. The van der Waals surface area contributed by atoms with Gasteiger partial charge >= 0.3 is 0 Å². The second-order valence-corrected chi connectivity index (χ2v) is 11.5. The second-order valence-electron chi connectivity index (χ2n) is 11.1. The summed E-state index contributed by atoms with van der Waals surface area (Å²) in [5, 5.41) is 23.3. The maximum Gasteiger partial charge on any atom is 0.254 e. The van der Waals surface area contributed by atoms with E-state index in [1.807, 2.05) is 71.8 Å². The van der Waals surface area contributed by atoms with Gasteiger partial charge in [-0.25, -0.2) is 4.52 Å². The van der Waals surface area contributed by atoms with E-state index in [2.05, 4.69) is 20.6 Å². The van der Waals surface area contributed by atoms with Crippen molar-refractivity contribution in [2.24, 2.45) is 5.92 Å². The Kier molecular flexibility index (Phi) is 6.37. The smallest absolute Gasteiger partial charge is 0.254 e.